The molecule has 0 bridgehead atoms. The van der Waals surface area contributed by atoms with Crippen molar-refractivity contribution in [3.8, 4) is 0 Å². The van der Waals surface area contributed by atoms with Gasteiger partial charge < -0.3 is 4.79 Å². The molecule has 0 amide bonds. The molecule has 0 aliphatic heterocycles. The Kier molecular flexibility index (Phi) is 2.29. The van der Waals surface area contributed by atoms with E-state index in [1.165, 1.54) is 25.5 Å². The molecule has 2 rings (SSSR count). The lowest BCUT2D eigenvalue weighted by Crippen LogP contribution is -2.23. The molecular weight excluding hydrogens is 172 g/mol. The van der Waals surface area contributed by atoms with E-state index in [2.05, 4.69) is 26.8 Å². The minimum Gasteiger partial charge on any atom is -0.303 e. The van der Waals surface area contributed by atoms with Gasteiger partial charge in [-0.25, -0.2) is 0 Å². The molecular formula is C13H20O. The maximum absolute atomic E-state index is 11.1. The number of carbonyl (C=O) groups is 1. The predicted octanol–water partition coefficient (Wildman–Crippen LogP) is 3.20. The van der Waals surface area contributed by atoms with Gasteiger partial charge in [0.05, 0.1) is 0 Å². The van der Waals surface area contributed by atoms with Crippen molar-refractivity contribution >= 4 is 6.29 Å². The van der Waals surface area contributed by atoms with Gasteiger partial charge in [0.25, 0.3) is 0 Å². The lowest BCUT2D eigenvalue weighted by atomic mass is 9.76. The van der Waals surface area contributed by atoms with Crippen LogP contribution in [-0.4, -0.2) is 6.29 Å². The molecule has 0 N–H and O–H groups in total. The molecule has 0 spiro atoms. The molecule has 3 unspecified atom stereocenters. The Labute approximate surface area is 86.6 Å². The summed E-state index contributed by atoms with van der Waals surface area (Å²) in [5, 5.41) is 0. The van der Waals surface area contributed by atoms with Crippen LogP contribution in [0.3, 0.4) is 0 Å². The van der Waals surface area contributed by atoms with E-state index in [1.54, 1.807) is 5.57 Å². The van der Waals surface area contributed by atoms with Crippen LogP contribution in [-0.2, 0) is 4.79 Å². The number of rotatable bonds is 1. The molecule has 0 radical (unpaired) electrons. The summed E-state index contributed by atoms with van der Waals surface area (Å²) in [6, 6.07) is 0. The second-order valence-electron chi connectivity index (χ2n) is 5.44. The van der Waals surface area contributed by atoms with Gasteiger partial charge in [-0.2, -0.15) is 0 Å². The van der Waals surface area contributed by atoms with Crippen LogP contribution in [0.5, 0.6) is 0 Å². The first-order valence-corrected chi connectivity index (χ1v) is 5.75. The van der Waals surface area contributed by atoms with Crippen molar-refractivity contribution < 1.29 is 4.79 Å². The Bertz CT molecular complexity index is 275. The SMILES string of the molecule is CC1C2CCCC=C2C(C)(C)C1C=O. The van der Waals surface area contributed by atoms with E-state index in [1.807, 2.05) is 0 Å². The van der Waals surface area contributed by atoms with Crippen LogP contribution in [0.25, 0.3) is 0 Å². The number of aldehydes is 1. The van der Waals surface area contributed by atoms with Crippen LogP contribution >= 0.6 is 0 Å². The summed E-state index contributed by atoms with van der Waals surface area (Å²) in [6.07, 6.45) is 7.40. The lowest BCUT2D eigenvalue weighted by molar-refractivity contribution is -0.114. The van der Waals surface area contributed by atoms with E-state index in [0.29, 0.717) is 11.8 Å². The standard InChI is InChI=1S/C13H20O/c1-9-10-6-4-5-7-11(10)13(2,3)12(9)8-14/h7-10,12H,4-6H2,1-3H3. The minimum atomic E-state index is 0.117. The molecule has 78 valence electrons. The van der Waals surface area contributed by atoms with E-state index in [9.17, 15) is 4.79 Å². The first-order chi connectivity index (χ1) is 6.59. The van der Waals surface area contributed by atoms with Crippen molar-refractivity contribution in [3.63, 3.8) is 0 Å². The number of carbonyl (C=O) groups excluding carboxylic acids is 1. The monoisotopic (exact) mass is 192 g/mol. The third-order valence-corrected chi connectivity index (χ3v) is 4.41. The van der Waals surface area contributed by atoms with Crippen molar-refractivity contribution in [2.24, 2.45) is 23.2 Å². The van der Waals surface area contributed by atoms with Crippen LogP contribution < -0.4 is 0 Å². The van der Waals surface area contributed by atoms with Gasteiger partial charge in [-0.05, 0) is 36.5 Å². The van der Waals surface area contributed by atoms with Crippen LogP contribution in [0, 0.1) is 23.2 Å². The van der Waals surface area contributed by atoms with E-state index < -0.39 is 0 Å². The van der Waals surface area contributed by atoms with E-state index in [-0.39, 0.29) is 11.3 Å². The third kappa shape index (κ3) is 1.18. The van der Waals surface area contributed by atoms with Crippen molar-refractivity contribution in [1.82, 2.24) is 0 Å². The lowest BCUT2D eigenvalue weighted by Gasteiger charge is -2.28. The summed E-state index contributed by atoms with van der Waals surface area (Å²) in [4.78, 5) is 11.1. The summed E-state index contributed by atoms with van der Waals surface area (Å²) in [6.45, 7) is 6.72. The summed E-state index contributed by atoms with van der Waals surface area (Å²) in [5.74, 6) is 1.47. The van der Waals surface area contributed by atoms with Gasteiger partial charge in [0, 0.05) is 5.92 Å². The summed E-state index contributed by atoms with van der Waals surface area (Å²) in [7, 11) is 0. The molecule has 0 saturated heterocycles. The highest BCUT2D eigenvalue weighted by atomic mass is 16.1. The summed E-state index contributed by atoms with van der Waals surface area (Å²) >= 11 is 0. The number of hydrogen-bond donors (Lipinski definition) is 0. The van der Waals surface area contributed by atoms with E-state index in [4.69, 9.17) is 0 Å². The van der Waals surface area contributed by atoms with Gasteiger partial charge >= 0.3 is 0 Å². The third-order valence-electron chi connectivity index (χ3n) is 4.41. The molecule has 2 aliphatic rings. The average Bonchev–Trinajstić information content (AvgIpc) is 2.36. The van der Waals surface area contributed by atoms with E-state index in [0.717, 1.165) is 0 Å². The zero-order valence-corrected chi connectivity index (χ0v) is 9.42. The smallest absolute Gasteiger partial charge is 0.124 e. The Morgan fingerprint density at radius 2 is 2.21 bits per heavy atom. The van der Waals surface area contributed by atoms with Crippen molar-refractivity contribution in [2.75, 3.05) is 0 Å². The second-order valence-corrected chi connectivity index (χ2v) is 5.44. The fourth-order valence-electron chi connectivity index (χ4n) is 3.58. The average molecular weight is 192 g/mol. The molecule has 1 nitrogen and oxygen atoms in total. The molecule has 3 atom stereocenters. The number of allylic oxidation sites excluding steroid dienone is 2. The maximum Gasteiger partial charge on any atom is 0.124 e. The zero-order chi connectivity index (χ0) is 10.3. The molecule has 1 fully saturated rings. The van der Waals surface area contributed by atoms with Gasteiger partial charge in [0.2, 0.25) is 0 Å². The van der Waals surface area contributed by atoms with Gasteiger partial charge in [-0.3, -0.25) is 0 Å². The van der Waals surface area contributed by atoms with Crippen molar-refractivity contribution in [2.45, 2.75) is 40.0 Å². The first kappa shape index (κ1) is 9.95. The highest BCUT2D eigenvalue weighted by Gasteiger charge is 2.49. The minimum absolute atomic E-state index is 0.117. The molecule has 1 saturated carbocycles. The van der Waals surface area contributed by atoms with Gasteiger partial charge in [-0.15, -0.1) is 0 Å². The molecule has 2 aliphatic carbocycles. The Morgan fingerprint density at radius 1 is 1.50 bits per heavy atom. The van der Waals surface area contributed by atoms with Crippen LogP contribution in [0.2, 0.25) is 0 Å². The fraction of sp³-hybridized carbons (Fsp3) is 0.769. The Balaban J connectivity index is 2.40. The van der Waals surface area contributed by atoms with Crippen LogP contribution in [0.1, 0.15) is 40.0 Å². The summed E-state index contributed by atoms with van der Waals surface area (Å²) < 4.78 is 0. The molecule has 0 aromatic rings. The second kappa shape index (κ2) is 3.22. The first-order valence-electron chi connectivity index (χ1n) is 5.75. The highest BCUT2D eigenvalue weighted by molar-refractivity contribution is 5.59. The highest BCUT2D eigenvalue weighted by Crippen LogP contribution is 2.55. The van der Waals surface area contributed by atoms with E-state index >= 15 is 0 Å². The predicted molar refractivity (Wildman–Crippen MR) is 57.9 cm³/mol. The number of hydrogen-bond acceptors (Lipinski definition) is 1. The normalized spacial score (nSPS) is 40.2. The van der Waals surface area contributed by atoms with Gasteiger partial charge in [0.1, 0.15) is 6.29 Å². The van der Waals surface area contributed by atoms with Gasteiger partial charge in [-0.1, -0.05) is 32.4 Å². The topological polar surface area (TPSA) is 17.1 Å². The van der Waals surface area contributed by atoms with Crippen molar-refractivity contribution in [1.29, 1.82) is 0 Å². The quantitative estimate of drug-likeness (QED) is 0.460. The molecule has 1 heteroatoms. The van der Waals surface area contributed by atoms with Crippen LogP contribution in [0.4, 0.5) is 0 Å². The Morgan fingerprint density at radius 3 is 2.79 bits per heavy atom. The molecule has 14 heavy (non-hydrogen) atoms. The van der Waals surface area contributed by atoms with Crippen LogP contribution in [0.15, 0.2) is 11.6 Å². The summed E-state index contributed by atoms with van der Waals surface area (Å²) in [5.41, 5.74) is 1.68. The Hall–Kier alpha value is -0.590. The largest absolute Gasteiger partial charge is 0.303 e. The molecule has 0 heterocycles. The van der Waals surface area contributed by atoms with Gasteiger partial charge in [0.15, 0.2) is 0 Å². The molecule has 0 aromatic carbocycles. The molecule has 0 aromatic heterocycles. The maximum atomic E-state index is 11.1. The number of fused-ring (bicyclic) bond motifs is 1. The fourth-order valence-corrected chi connectivity index (χ4v) is 3.58. The van der Waals surface area contributed by atoms with Crippen molar-refractivity contribution in [3.05, 3.63) is 11.6 Å². The zero-order valence-electron chi connectivity index (χ0n) is 9.42.